The average Bonchev–Trinajstić information content (AvgIpc) is 2.55. The second-order valence-electron chi connectivity index (χ2n) is 5.93. The molecule has 3 heterocycles. The molecule has 23 heavy (non-hydrogen) atoms. The standard InChI is InChI=1S/C16H21N5O2/c1-11(2)23-16(22)21-9-5-12(6-10-21)19-14-4-3-13-15(20-14)18-8-7-17-13/h3-4,7-8,11-12H,5-6,9-10H2,1-2H3,(H,18,19,20). The second kappa shape index (κ2) is 6.76. The van der Waals surface area contributed by atoms with E-state index in [1.165, 1.54) is 0 Å². The van der Waals surface area contributed by atoms with Gasteiger partial charge < -0.3 is 15.0 Å². The Labute approximate surface area is 135 Å². The molecule has 1 N–H and O–H groups in total. The van der Waals surface area contributed by atoms with Gasteiger partial charge in [0.1, 0.15) is 11.3 Å². The van der Waals surface area contributed by atoms with E-state index in [1.807, 2.05) is 26.0 Å². The first-order chi connectivity index (χ1) is 11.1. The largest absolute Gasteiger partial charge is 0.447 e. The molecule has 1 fully saturated rings. The Morgan fingerprint density at radius 1 is 1.26 bits per heavy atom. The molecule has 1 aliphatic heterocycles. The van der Waals surface area contributed by atoms with Crippen molar-refractivity contribution in [1.29, 1.82) is 0 Å². The zero-order chi connectivity index (χ0) is 16.2. The number of carbonyl (C=O) groups excluding carboxylic acids is 1. The van der Waals surface area contributed by atoms with E-state index in [4.69, 9.17) is 4.74 Å². The number of likely N-dealkylation sites (tertiary alicyclic amines) is 1. The molecule has 1 amide bonds. The van der Waals surface area contributed by atoms with Crippen molar-refractivity contribution in [3.63, 3.8) is 0 Å². The summed E-state index contributed by atoms with van der Waals surface area (Å²) in [7, 11) is 0. The zero-order valence-electron chi connectivity index (χ0n) is 13.4. The van der Waals surface area contributed by atoms with Gasteiger partial charge in [-0.25, -0.2) is 14.8 Å². The molecule has 122 valence electrons. The highest BCUT2D eigenvalue weighted by Crippen LogP contribution is 2.17. The first-order valence-electron chi connectivity index (χ1n) is 7.91. The number of pyridine rings is 1. The Hall–Kier alpha value is -2.44. The SMILES string of the molecule is CC(C)OC(=O)N1CCC(Nc2ccc3nccnc3n2)CC1. The monoisotopic (exact) mass is 315 g/mol. The van der Waals surface area contributed by atoms with Crippen molar-refractivity contribution in [3.05, 3.63) is 24.5 Å². The van der Waals surface area contributed by atoms with Crippen LogP contribution in [-0.2, 0) is 4.74 Å². The topological polar surface area (TPSA) is 80.2 Å². The van der Waals surface area contributed by atoms with Crippen molar-refractivity contribution < 1.29 is 9.53 Å². The molecule has 1 aliphatic rings. The van der Waals surface area contributed by atoms with Crippen LogP contribution in [0.3, 0.4) is 0 Å². The Kier molecular flexibility index (Phi) is 4.55. The van der Waals surface area contributed by atoms with Crippen LogP contribution in [0.4, 0.5) is 10.6 Å². The van der Waals surface area contributed by atoms with Crippen LogP contribution in [0.5, 0.6) is 0 Å². The third-order valence-electron chi connectivity index (χ3n) is 3.77. The normalized spacial score (nSPS) is 15.9. The highest BCUT2D eigenvalue weighted by atomic mass is 16.6. The van der Waals surface area contributed by atoms with Gasteiger partial charge in [0, 0.05) is 31.5 Å². The molecule has 0 spiro atoms. The van der Waals surface area contributed by atoms with Crippen LogP contribution in [0.15, 0.2) is 24.5 Å². The van der Waals surface area contributed by atoms with Crippen LogP contribution in [0.1, 0.15) is 26.7 Å². The lowest BCUT2D eigenvalue weighted by Gasteiger charge is -2.32. The van der Waals surface area contributed by atoms with Crippen molar-refractivity contribution >= 4 is 23.1 Å². The highest BCUT2D eigenvalue weighted by Gasteiger charge is 2.24. The fourth-order valence-electron chi connectivity index (χ4n) is 2.63. The van der Waals surface area contributed by atoms with Crippen LogP contribution in [0.2, 0.25) is 0 Å². The molecule has 0 saturated carbocycles. The first kappa shape index (κ1) is 15.5. The van der Waals surface area contributed by atoms with Gasteiger partial charge in [0.2, 0.25) is 0 Å². The molecule has 3 rings (SSSR count). The summed E-state index contributed by atoms with van der Waals surface area (Å²) in [5.74, 6) is 0.793. The summed E-state index contributed by atoms with van der Waals surface area (Å²) in [5, 5.41) is 3.42. The van der Waals surface area contributed by atoms with E-state index in [0.717, 1.165) is 24.2 Å². The van der Waals surface area contributed by atoms with Crippen molar-refractivity contribution in [2.45, 2.75) is 38.8 Å². The summed E-state index contributed by atoms with van der Waals surface area (Å²) in [6.07, 6.45) is 4.72. The maximum Gasteiger partial charge on any atom is 0.410 e. The van der Waals surface area contributed by atoms with E-state index in [0.29, 0.717) is 24.8 Å². The predicted molar refractivity (Wildman–Crippen MR) is 87.2 cm³/mol. The smallest absolute Gasteiger partial charge is 0.410 e. The molecule has 7 nitrogen and oxygen atoms in total. The van der Waals surface area contributed by atoms with Crippen LogP contribution < -0.4 is 5.32 Å². The molecule has 0 aromatic carbocycles. The summed E-state index contributed by atoms with van der Waals surface area (Å²) in [5.41, 5.74) is 1.42. The number of nitrogens with one attached hydrogen (secondary N) is 1. The Bertz CT molecular complexity index is 683. The number of hydrogen-bond acceptors (Lipinski definition) is 6. The summed E-state index contributed by atoms with van der Waals surface area (Å²) in [6.45, 7) is 5.11. The average molecular weight is 315 g/mol. The molecule has 0 radical (unpaired) electrons. The molecule has 0 aliphatic carbocycles. The Morgan fingerprint density at radius 3 is 2.74 bits per heavy atom. The molecular weight excluding hydrogens is 294 g/mol. The number of nitrogens with zero attached hydrogens (tertiary/aromatic N) is 4. The number of carbonyl (C=O) groups is 1. The van der Waals surface area contributed by atoms with E-state index in [-0.39, 0.29) is 12.2 Å². The van der Waals surface area contributed by atoms with Gasteiger partial charge >= 0.3 is 6.09 Å². The number of ether oxygens (including phenoxy) is 1. The van der Waals surface area contributed by atoms with Crippen LogP contribution in [-0.4, -0.2) is 51.2 Å². The van der Waals surface area contributed by atoms with Crippen molar-refractivity contribution in [3.8, 4) is 0 Å². The van der Waals surface area contributed by atoms with E-state index in [1.54, 1.807) is 17.3 Å². The maximum atomic E-state index is 11.9. The number of piperidine rings is 1. The molecule has 1 saturated heterocycles. The number of fused-ring (bicyclic) bond motifs is 1. The molecule has 2 aromatic rings. The van der Waals surface area contributed by atoms with Crippen molar-refractivity contribution in [2.24, 2.45) is 0 Å². The third-order valence-corrected chi connectivity index (χ3v) is 3.77. The van der Waals surface area contributed by atoms with Crippen LogP contribution >= 0.6 is 0 Å². The van der Waals surface area contributed by atoms with E-state index >= 15 is 0 Å². The zero-order valence-corrected chi connectivity index (χ0v) is 13.4. The summed E-state index contributed by atoms with van der Waals surface area (Å²) < 4.78 is 5.23. The Morgan fingerprint density at radius 2 is 2.00 bits per heavy atom. The number of rotatable bonds is 3. The van der Waals surface area contributed by atoms with Crippen molar-refractivity contribution in [1.82, 2.24) is 19.9 Å². The van der Waals surface area contributed by atoms with Crippen LogP contribution in [0.25, 0.3) is 11.2 Å². The fourth-order valence-corrected chi connectivity index (χ4v) is 2.63. The summed E-state index contributed by atoms with van der Waals surface area (Å²) in [6, 6.07) is 4.11. The van der Waals surface area contributed by atoms with E-state index in [9.17, 15) is 4.79 Å². The quantitative estimate of drug-likeness (QED) is 0.937. The number of aromatic nitrogens is 3. The van der Waals surface area contributed by atoms with Crippen molar-refractivity contribution in [2.75, 3.05) is 18.4 Å². The molecule has 2 aromatic heterocycles. The lowest BCUT2D eigenvalue weighted by molar-refractivity contribution is 0.0701. The molecule has 0 atom stereocenters. The third kappa shape index (κ3) is 3.85. The van der Waals surface area contributed by atoms with E-state index in [2.05, 4.69) is 20.3 Å². The maximum absolute atomic E-state index is 11.9. The van der Waals surface area contributed by atoms with Crippen LogP contribution in [0, 0.1) is 0 Å². The van der Waals surface area contributed by atoms with Gasteiger partial charge in [-0.1, -0.05) is 0 Å². The van der Waals surface area contributed by atoms with Gasteiger partial charge in [-0.2, -0.15) is 0 Å². The summed E-state index contributed by atoms with van der Waals surface area (Å²) in [4.78, 5) is 26.5. The molecule has 7 heteroatoms. The number of hydrogen-bond donors (Lipinski definition) is 1. The van der Waals surface area contributed by atoms with Gasteiger partial charge in [0.25, 0.3) is 0 Å². The number of anilines is 1. The second-order valence-corrected chi connectivity index (χ2v) is 5.93. The van der Waals surface area contributed by atoms with Gasteiger partial charge in [-0.15, -0.1) is 0 Å². The summed E-state index contributed by atoms with van der Waals surface area (Å²) >= 11 is 0. The van der Waals surface area contributed by atoms with Gasteiger partial charge in [-0.3, -0.25) is 4.98 Å². The lowest BCUT2D eigenvalue weighted by Crippen LogP contribution is -2.43. The number of amides is 1. The predicted octanol–water partition coefficient (Wildman–Crippen LogP) is 2.45. The highest BCUT2D eigenvalue weighted by molar-refractivity contribution is 5.71. The molecule has 0 bridgehead atoms. The van der Waals surface area contributed by atoms with Gasteiger partial charge in [0.05, 0.1) is 6.10 Å². The van der Waals surface area contributed by atoms with Gasteiger partial charge in [-0.05, 0) is 38.8 Å². The molecular formula is C16H21N5O2. The van der Waals surface area contributed by atoms with Gasteiger partial charge in [0.15, 0.2) is 5.65 Å². The van der Waals surface area contributed by atoms with E-state index < -0.39 is 0 Å². The minimum atomic E-state index is -0.224. The fraction of sp³-hybridized carbons (Fsp3) is 0.500. The lowest BCUT2D eigenvalue weighted by atomic mass is 10.1. The molecule has 0 unspecified atom stereocenters. The minimum absolute atomic E-state index is 0.0822. The Balaban J connectivity index is 1.56. The first-order valence-corrected chi connectivity index (χ1v) is 7.91. The minimum Gasteiger partial charge on any atom is -0.447 e.